The molecular formula is C25H38N4O6S. The van der Waals surface area contributed by atoms with Crippen LogP contribution in [0.2, 0.25) is 0 Å². The Labute approximate surface area is 217 Å². The minimum absolute atomic E-state index is 0.174. The number of carbonyl (C=O) groups is 5. The second kappa shape index (κ2) is 14.5. The van der Waals surface area contributed by atoms with Crippen molar-refractivity contribution in [1.82, 2.24) is 21.3 Å². The number of ether oxygens (including phenoxy) is 1. The number of likely N-dealkylation sites (N-methyl/N-ethyl adjacent to an activating group) is 1. The molecule has 0 radical (unpaired) electrons. The maximum Gasteiger partial charge on any atom is 0.407 e. The highest BCUT2D eigenvalue weighted by molar-refractivity contribution is 8.14. The molecule has 1 unspecified atom stereocenters. The van der Waals surface area contributed by atoms with Crippen molar-refractivity contribution in [2.24, 2.45) is 5.92 Å². The van der Waals surface area contributed by atoms with Crippen LogP contribution in [0.5, 0.6) is 0 Å². The molecule has 0 saturated heterocycles. The lowest BCUT2D eigenvalue weighted by Crippen LogP contribution is -2.57. The summed E-state index contributed by atoms with van der Waals surface area (Å²) in [6.45, 7) is 9.75. The molecule has 0 aliphatic heterocycles. The van der Waals surface area contributed by atoms with E-state index < -0.39 is 40.8 Å². The summed E-state index contributed by atoms with van der Waals surface area (Å²) in [5.41, 5.74) is 0.139. The second-order valence-electron chi connectivity index (χ2n) is 9.58. The summed E-state index contributed by atoms with van der Waals surface area (Å²) < 4.78 is 5.18. The van der Waals surface area contributed by atoms with Crippen LogP contribution in [0, 0.1) is 5.92 Å². The zero-order valence-corrected chi connectivity index (χ0v) is 22.8. The van der Waals surface area contributed by atoms with E-state index in [4.69, 9.17) is 4.74 Å². The van der Waals surface area contributed by atoms with Crippen molar-refractivity contribution < 1.29 is 28.7 Å². The molecule has 36 heavy (non-hydrogen) atoms. The summed E-state index contributed by atoms with van der Waals surface area (Å²) in [5, 5.41) is 9.13. The van der Waals surface area contributed by atoms with Gasteiger partial charge in [0, 0.05) is 26.9 Å². The quantitative estimate of drug-likeness (QED) is 0.347. The standard InChI is InChI=1S/C25H38N4O6S/c1-15(2)20(23(33)28-18(21(31)26-7)13-17-11-9-8-10-12-17)29-22(32)19(36-16(3)30)14-27-24(34)35-25(4,5)6/h8-12,15,18-20H,13-14H2,1-7H3,(H,26,31)(H,27,34)(H,28,33)(H,29,32)/t18-,19?,20-/m0/s1. The molecule has 0 bridgehead atoms. The van der Waals surface area contributed by atoms with E-state index in [1.165, 1.54) is 14.0 Å². The van der Waals surface area contributed by atoms with E-state index in [1.54, 1.807) is 34.6 Å². The minimum Gasteiger partial charge on any atom is -0.444 e. The average Bonchev–Trinajstić information content (AvgIpc) is 2.78. The Hall–Kier alpha value is -3.08. The monoisotopic (exact) mass is 522 g/mol. The van der Waals surface area contributed by atoms with Crippen molar-refractivity contribution in [3.05, 3.63) is 35.9 Å². The summed E-state index contributed by atoms with van der Waals surface area (Å²) in [5.74, 6) is -1.82. The topological polar surface area (TPSA) is 143 Å². The van der Waals surface area contributed by atoms with Gasteiger partial charge in [-0.1, -0.05) is 55.9 Å². The first kappa shape index (κ1) is 31.0. The summed E-state index contributed by atoms with van der Waals surface area (Å²) in [4.78, 5) is 62.3. The van der Waals surface area contributed by atoms with Gasteiger partial charge in [0.1, 0.15) is 22.9 Å². The molecule has 4 amide bonds. The number of hydrogen-bond donors (Lipinski definition) is 4. The predicted octanol–water partition coefficient (Wildman–Crippen LogP) is 1.77. The van der Waals surface area contributed by atoms with Gasteiger partial charge in [-0.2, -0.15) is 0 Å². The van der Waals surface area contributed by atoms with Gasteiger partial charge in [-0.05, 0) is 32.3 Å². The van der Waals surface area contributed by atoms with Crippen molar-refractivity contribution in [3.8, 4) is 0 Å². The molecular weight excluding hydrogens is 484 g/mol. The third-order valence-corrected chi connectivity index (χ3v) is 5.84. The van der Waals surface area contributed by atoms with Gasteiger partial charge in [-0.15, -0.1) is 0 Å². The molecule has 3 atom stereocenters. The first-order valence-electron chi connectivity index (χ1n) is 11.7. The van der Waals surface area contributed by atoms with Crippen molar-refractivity contribution >= 4 is 40.7 Å². The van der Waals surface area contributed by atoms with Gasteiger partial charge in [0.05, 0.1) is 0 Å². The molecule has 0 aliphatic carbocycles. The Morgan fingerprint density at radius 2 is 1.56 bits per heavy atom. The molecule has 0 saturated carbocycles. The van der Waals surface area contributed by atoms with Crippen molar-refractivity contribution in [3.63, 3.8) is 0 Å². The van der Waals surface area contributed by atoms with Gasteiger partial charge in [0.2, 0.25) is 17.7 Å². The van der Waals surface area contributed by atoms with E-state index >= 15 is 0 Å². The summed E-state index contributed by atoms with van der Waals surface area (Å²) >= 11 is 0.740. The van der Waals surface area contributed by atoms with Crippen LogP contribution in [0.25, 0.3) is 0 Å². The first-order chi connectivity index (χ1) is 16.7. The number of rotatable bonds is 11. The zero-order valence-electron chi connectivity index (χ0n) is 22.0. The number of carbonyl (C=O) groups excluding carboxylic acids is 5. The molecule has 200 valence electrons. The zero-order chi connectivity index (χ0) is 27.5. The van der Waals surface area contributed by atoms with E-state index in [2.05, 4.69) is 21.3 Å². The Balaban J connectivity index is 2.95. The number of amides is 4. The number of benzene rings is 1. The number of alkyl carbamates (subject to hydrolysis) is 1. The molecule has 0 aromatic heterocycles. The fourth-order valence-corrected chi connectivity index (χ4v) is 3.90. The maximum absolute atomic E-state index is 13.1. The molecule has 0 aliphatic rings. The molecule has 0 fully saturated rings. The van der Waals surface area contributed by atoms with Gasteiger partial charge in [-0.3, -0.25) is 19.2 Å². The third-order valence-electron chi connectivity index (χ3n) is 4.84. The van der Waals surface area contributed by atoms with E-state index in [0.717, 1.165) is 17.3 Å². The first-order valence-corrected chi connectivity index (χ1v) is 12.6. The van der Waals surface area contributed by atoms with Crippen LogP contribution in [0.4, 0.5) is 4.79 Å². The fourth-order valence-electron chi connectivity index (χ4n) is 3.15. The second-order valence-corrected chi connectivity index (χ2v) is 11.0. The molecule has 1 rings (SSSR count). The Kier molecular flexibility index (Phi) is 12.4. The van der Waals surface area contributed by atoms with Gasteiger partial charge >= 0.3 is 6.09 Å². The Bertz CT molecular complexity index is 917. The van der Waals surface area contributed by atoms with E-state index in [1.807, 2.05) is 30.3 Å². The van der Waals surface area contributed by atoms with Gasteiger partial charge in [-0.25, -0.2) is 4.79 Å². The van der Waals surface area contributed by atoms with Crippen LogP contribution >= 0.6 is 11.8 Å². The largest absolute Gasteiger partial charge is 0.444 e. The van der Waals surface area contributed by atoms with Crippen molar-refractivity contribution in [2.45, 2.75) is 70.9 Å². The average molecular weight is 523 g/mol. The maximum atomic E-state index is 13.1. The lowest BCUT2D eigenvalue weighted by molar-refractivity contribution is -0.132. The van der Waals surface area contributed by atoms with Crippen LogP contribution in [-0.2, 0) is 30.3 Å². The highest BCUT2D eigenvalue weighted by atomic mass is 32.2. The Morgan fingerprint density at radius 3 is 2.06 bits per heavy atom. The SMILES string of the molecule is CNC(=O)[C@H](Cc1ccccc1)NC(=O)[C@@H](NC(=O)C(CNC(=O)OC(C)(C)C)SC(C)=O)C(C)C. The summed E-state index contributed by atoms with van der Waals surface area (Å²) in [6.07, 6.45) is -0.454. The molecule has 11 heteroatoms. The summed E-state index contributed by atoms with van der Waals surface area (Å²) in [6, 6.07) is 7.42. The molecule has 10 nitrogen and oxygen atoms in total. The van der Waals surface area contributed by atoms with Crippen LogP contribution in [-0.4, -0.2) is 65.5 Å². The smallest absolute Gasteiger partial charge is 0.407 e. The number of hydrogen-bond acceptors (Lipinski definition) is 7. The summed E-state index contributed by atoms with van der Waals surface area (Å²) in [7, 11) is 1.48. The fraction of sp³-hybridized carbons (Fsp3) is 0.560. The highest BCUT2D eigenvalue weighted by Crippen LogP contribution is 2.14. The van der Waals surface area contributed by atoms with Crippen LogP contribution < -0.4 is 21.3 Å². The molecule has 1 aromatic rings. The Morgan fingerprint density at radius 1 is 0.944 bits per heavy atom. The van der Waals surface area contributed by atoms with Crippen molar-refractivity contribution in [1.29, 1.82) is 0 Å². The molecule has 0 heterocycles. The van der Waals surface area contributed by atoms with Gasteiger partial charge < -0.3 is 26.0 Å². The highest BCUT2D eigenvalue weighted by Gasteiger charge is 2.32. The minimum atomic E-state index is -0.983. The lowest BCUT2D eigenvalue weighted by atomic mass is 10.0. The normalized spacial score (nSPS) is 13.7. The van der Waals surface area contributed by atoms with Crippen molar-refractivity contribution in [2.75, 3.05) is 13.6 Å². The molecule has 0 spiro atoms. The lowest BCUT2D eigenvalue weighted by Gasteiger charge is -2.27. The number of thioether (sulfide) groups is 1. The van der Waals surface area contributed by atoms with Crippen LogP contribution in [0.15, 0.2) is 30.3 Å². The molecule has 4 N–H and O–H groups in total. The predicted molar refractivity (Wildman–Crippen MR) is 139 cm³/mol. The van der Waals surface area contributed by atoms with E-state index in [0.29, 0.717) is 0 Å². The van der Waals surface area contributed by atoms with Crippen LogP contribution in [0.3, 0.4) is 0 Å². The third kappa shape index (κ3) is 11.6. The van der Waals surface area contributed by atoms with E-state index in [9.17, 15) is 24.0 Å². The van der Waals surface area contributed by atoms with Gasteiger partial charge in [0.15, 0.2) is 5.12 Å². The molecule has 1 aromatic carbocycles. The van der Waals surface area contributed by atoms with Gasteiger partial charge in [0.25, 0.3) is 0 Å². The van der Waals surface area contributed by atoms with Crippen LogP contribution in [0.1, 0.15) is 47.1 Å². The number of nitrogens with one attached hydrogen (secondary N) is 4. The van der Waals surface area contributed by atoms with E-state index in [-0.39, 0.29) is 29.9 Å².